The highest BCUT2D eigenvalue weighted by Gasteiger charge is 2.16. The van der Waals surface area contributed by atoms with Gasteiger partial charge >= 0.3 is 0 Å². The first kappa shape index (κ1) is 11.0. The van der Waals surface area contributed by atoms with Gasteiger partial charge in [0.1, 0.15) is 0 Å². The van der Waals surface area contributed by atoms with Gasteiger partial charge in [-0.05, 0) is 24.6 Å². The number of hydrogen-bond acceptors (Lipinski definition) is 2. The summed E-state index contributed by atoms with van der Waals surface area (Å²) >= 11 is 5.87. The lowest BCUT2D eigenvalue weighted by Gasteiger charge is -2.23. The predicted molar refractivity (Wildman–Crippen MR) is 65.5 cm³/mol. The van der Waals surface area contributed by atoms with Crippen LogP contribution in [0.4, 0.5) is 5.69 Å². The minimum absolute atomic E-state index is 0.0152. The second-order valence-corrected chi connectivity index (χ2v) is 4.22. The summed E-state index contributed by atoms with van der Waals surface area (Å²) in [6, 6.07) is 4.94. The summed E-state index contributed by atoms with van der Waals surface area (Å²) in [6.45, 7) is 1.41. The van der Waals surface area contributed by atoms with Crippen LogP contribution >= 0.6 is 11.6 Å². The number of nitrogens with two attached hydrogens (primary N) is 1. The molecule has 2 N–H and O–H groups in total. The van der Waals surface area contributed by atoms with E-state index in [1.54, 1.807) is 23.1 Å². The van der Waals surface area contributed by atoms with Gasteiger partial charge in [-0.15, -0.1) is 0 Å². The molecule has 0 saturated carbocycles. The van der Waals surface area contributed by atoms with Gasteiger partial charge in [-0.2, -0.15) is 0 Å². The highest BCUT2D eigenvalue weighted by molar-refractivity contribution is 6.31. The smallest absolute Gasteiger partial charge is 0.254 e. The number of hydrogen-bond donors (Lipinski definition) is 1. The molecule has 0 saturated heterocycles. The Hall–Kier alpha value is -1.48. The van der Waals surface area contributed by atoms with E-state index in [0.717, 1.165) is 13.0 Å². The first-order valence-corrected chi connectivity index (χ1v) is 5.55. The number of amides is 1. The van der Waals surface area contributed by atoms with E-state index in [1.165, 1.54) is 0 Å². The maximum absolute atomic E-state index is 12.1. The molecule has 1 heterocycles. The van der Waals surface area contributed by atoms with Crippen LogP contribution in [0.2, 0.25) is 5.02 Å². The summed E-state index contributed by atoms with van der Waals surface area (Å²) in [6.07, 6.45) is 4.98. The van der Waals surface area contributed by atoms with Crippen molar-refractivity contribution in [2.45, 2.75) is 6.42 Å². The second-order valence-electron chi connectivity index (χ2n) is 3.78. The van der Waals surface area contributed by atoms with E-state index >= 15 is 0 Å². The summed E-state index contributed by atoms with van der Waals surface area (Å²) in [5.41, 5.74) is 6.73. The van der Waals surface area contributed by atoms with E-state index in [9.17, 15) is 4.79 Å². The van der Waals surface area contributed by atoms with Crippen molar-refractivity contribution in [3.8, 4) is 0 Å². The third kappa shape index (κ3) is 2.36. The van der Waals surface area contributed by atoms with Crippen LogP contribution in [0.25, 0.3) is 0 Å². The molecule has 0 radical (unpaired) electrons. The number of rotatable bonds is 1. The molecule has 84 valence electrons. The van der Waals surface area contributed by atoms with Crippen molar-refractivity contribution in [2.24, 2.45) is 0 Å². The van der Waals surface area contributed by atoms with Crippen molar-refractivity contribution in [1.29, 1.82) is 0 Å². The van der Waals surface area contributed by atoms with Gasteiger partial charge in [-0.3, -0.25) is 4.79 Å². The quantitative estimate of drug-likeness (QED) is 0.601. The molecule has 1 aromatic carbocycles. The summed E-state index contributed by atoms with van der Waals surface area (Å²) < 4.78 is 0. The van der Waals surface area contributed by atoms with E-state index in [2.05, 4.69) is 6.08 Å². The molecule has 1 aromatic rings. The first-order valence-electron chi connectivity index (χ1n) is 5.17. The average Bonchev–Trinajstić information content (AvgIpc) is 2.28. The molecule has 1 aliphatic heterocycles. The third-order valence-corrected chi connectivity index (χ3v) is 2.73. The molecule has 0 fully saturated rings. The Kier molecular flexibility index (Phi) is 3.15. The van der Waals surface area contributed by atoms with Crippen LogP contribution in [-0.2, 0) is 0 Å². The number of carbonyl (C=O) groups is 1. The molecular formula is C12H13ClN2O. The zero-order valence-electron chi connectivity index (χ0n) is 8.82. The molecule has 3 nitrogen and oxygen atoms in total. The Labute approximate surface area is 99.5 Å². The SMILES string of the molecule is Nc1cc(Cl)cc(C(=O)N2CC=CCC2)c1. The van der Waals surface area contributed by atoms with E-state index < -0.39 is 0 Å². The largest absolute Gasteiger partial charge is 0.399 e. The third-order valence-electron chi connectivity index (χ3n) is 2.51. The van der Waals surface area contributed by atoms with E-state index in [-0.39, 0.29) is 5.91 Å². The molecule has 0 aliphatic carbocycles. The van der Waals surface area contributed by atoms with Gasteiger partial charge in [-0.1, -0.05) is 23.8 Å². The molecule has 0 aromatic heterocycles. The van der Waals surface area contributed by atoms with Gasteiger partial charge in [0.05, 0.1) is 0 Å². The second kappa shape index (κ2) is 4.58. The molecular weight excluding hydrogens is 224 g/mol. The van der Waals surface area contributed by atoms with Crippen LogP contribution in [0.15, 0.2) is 30.4 Å². The molecule has 0 atom stereocenters. The van der Waals surface area contributed by atoms with Gasteiger partial charge in [0, 0.05) is 29.4 Å². The van der Waals surface area contributed by atoms with Gasteiger partial charge in [0.2, 0.25) is 0 Å². The van der Waals surface area contributed by atoms with E-state index in [1.807, 2.05) is 6.08 Å². The summed E-state index contributed by atoms with van der Waals surface area (Å²) in [4.78, 5) is 13.9. The lowest BCUT2D eigenvalue weighted by Crippen LogP contribution is -2.33. The molecule has 4 heteroatoms. The van der Waals surface area contributed by atoms with Crippen molar-refractivity contribution in [3.63, 3.8) is 0 Å². The van der Waals surface area contributed by atoms with Crippen LogP contribution < -0.4 is 5.73 Å². The molecule has 0 bridgehead atoms. The Balaban J connectivity index is 2.23. The van der Waals surface area contributed by atoms with Crippen molar-refractivity contribution in [2.75, 3.05) is 18.8 Å². The molecule has 16 heavy (non-hydrogen) atoms. The highest BCUT2D eigenvalue weighted by Crippen LogP contribution is 2.18. The van der Waals surface area contributed by atoms with Crippen molar-refractivity contribution >= 4 is 23.2 Å². The molecule has 0 unspecified atom stereocenters. The molecule has 1 amide bonds. The molecule has 0 spiro atoms. The Morgan fingerprint density at radius 1 is 1.31 bits per heavy atom. The van der Waals surface area contributed by atoms with E-state index in [0.29, 0.717) is 22.8 Å². The van der Waals surface area contributed by atoms with Gasteiger partial charge in [0.25, 0.3) is 5.91 Å². The average molecular weight is 237 g/mol. The van der Waals surface area contributed by atoms with Crippen molar-refractivity contribution in [3.05, 3.63) is 40.9 Å². The monoisotopic (exact) mass is 236 g/mol. The molecule has 2 rings (SSSR count). The normalized spacial score (nSPS) is 15.2. The number of halogens is 1. The van der Waals surface area contributed by atoms with Crippen molar-refractivity contribution in [1.82, 2.24) is 4.90 Å². The number of carbonyl (C=O) groups excluding carboxylic acids is 1. The first-order chi connectivity index (χ1) is 7.66. The fraction of sp³-hybridized carbons (Fsp3) is 0.250. The summed E-state index contributed by atoms with van der Waals surface area (Å²) in [5.74, 6) is -0.0152. The number of nitrogens with zero attached hydrogens (tertiary/aromatic N) is 1. The fourth-order valence-electron chi connectivity index (χ4n) is 1.74. The van der Waals surface area contributed by atoms with Crippen LogP contribution in [0.1, 0.15) is 16.8 Å². The maximum Gasteiger partial charge on any atom is 0.254 e. The molecule has 1 aliphatic rings. The van der Waals surface area contributed by atoms with Crippen LogP contribution in [0.3, 0.4) is 0 Å². The van der Waals surface area contributed by atoms with Gasteiger partial charge in [-0.25, -0.2) is 0 Å². The minimum atomic E-state index is -0.0152. The Morgan fingerprint density at radius 2 is 2.12 bits per heavy atom. The van der Waals surface area contributed by atoms with E-state index in [4.69, 9.17) is 17.3 Å². The van der Waals surface area contributed by atoms with Gasteiger partial charge in [0.15, 0.2) is 0 Å². The fourth-order valence-corrected chi connectivity index (χ4v) is 1.99. The number of anilines is 1. The predicted octanol–water partition coefficient (Wildman–Crippen LogP) is 2.32. The standard InChI is InChI=1S/C12H13ClN2O/c13-10-6-9(7-11(14)8-10)12(16)15-4-2-1-3-5-15/h1-2,6-8H,3-5,14H2. The van der Waals surface area contributed by atoms with Crippen LogP contribution in [0, 0.1) is 0 Å². The Bertz CT molecular complexity index is 422. The number of nitrogen functional groups attached to an aromatic ring is 1. The number of benzene rings is 1. The summed E-state index contributed by atoms with van der Waals surface area (Å²) in [7, 11) is 0. The zero-order chi connectivity index (χ0) is 11.5. The Morgan fingerprint density at radius 3 is 2.75 bits per heavy atom. The highest BCUT2D eigenvalue weighted by atomic mass is 35.5. The van der Waals surface area contributed by atoms with Crippen LogP contribution in [-0.4, -0.2) is 23.9 Å². The summed E-state index contributed by atoms with van der Waals surface area (Å²) in [5, 5.41) is 0.496. The minimum Gasteiger partial charge on any atom is -0.399 e. The lowest BCUT2D eigenvalue weighted by atomic mass is 10.1. The maximum atomic E-state index is 12.1. The van der Waals surface area contributed by atoms with Gasteiger partial charge < -0.3 is 10.6 Å². The topological polar surface area (TPSA) is 46.3 Å². The lowest BCUT2D eigenvalue weighted by molar-refractivity contribution is 0.0771. The zero-order valence-corrected chi connectivity index (χ0v) is 9.57. The van der Waals surface area contributed by atoms with Crippen molar-refractivity contribution < 1.29 is 4.79 Å². The van der Waals surface area contributed by atoms with Crippen LogP contribution in [0.5, 0.6) is 0 Å².